The van der Waals surface area contributed by atoms with E-state index in [0.29, 0.717) is 0 Å². The molecule has 0 unspecified atom stereocenters. The number of rotatable bonds is 3. The van der Waals surface area contributed by atoms with Crippen LogP contribution in [0.15, 0.2) is 29.2 Å². The normalized spacial score (nSPS) is 12.8. The van der Waals surface area contributed by atoms with Crippen LogP contribution in [0.3, 0.4) is 0 Å². The first-order valence-corrected chi connectivity index (χ1v) is 6.79. The third-order valence-electron chi connectivity index (χ3n) is 1.51. The first-order chi connectivity index (χ1) is 6.71. The molecule has 0 amide bonds. The van der Waals surface area contributed by atoms with E-state index in [1.54, 1.807) is 12.1 Å². The van der Waals surface area contributed by atoms with Crippen molar-refractivity contribution in [2.75, 3.05) is 0 Å². The second-order valence-corrected chi connectivity index (χ2v) is 7.45. The Morgan fingerprint density at radius 1 is 1.27 bits per heavy atom. The summed E-state index contributed by atoms with van der Waals surface area (Å²) < 4.78 is 37.4. The SMILES string of the molecule is Cc1ccc(S(=O)(=O)OC(F)(Br)Br)cc1. The minimum absolute atomic E-state index is 0.103. The summed E-state index contributed by atoms with van der Waals surface area (Å²) in [4.78, 5) is -0.103. The third-order valence-corrected chi connectivity index (χ3v) is 3.56. The second kappa shape index (κ2) is 4.48. The lowest BCUT2D eigenvalue weighted by atomic mass is 10.2. The Morgan fingerprint density at radius 2 is 1.73 bits per heavy atom. The molecule has 0 aromatic heterocycles. The molecular weight excluding hydrogens is 355 g/mol. The zero-order chi connectivity index (χ0) is 11.7. The van der Waals surface area contributed by atoms with Crippen LogP contribution in [-0.4, -0.2) is 12.1 Å². The highest BCUT2D eigenvalue weighted by atomic mass is 79.9. The summed E-state index contributed by atoms with van der Waals surface area (Å²) in [6.07, 6.45) is 0. The van der Waals surface area contributed by atoms with E-state index >= 15 is 0 Å². The first-order valence-electron chi connectivity index (χ1n) is 3.80. The van der Waals surface area contributed by atoms with Crippen LogP contribution in [0.5, 0.6) is 0 Å². The predicted molar refractivity (Wildman–Crippen MR) is 61.1 cm³/mol. The lowest BCUT2D eigenvalue weighted by Crippen LogP contribution is -2.16. The van der Waals surface area contributed by atoms with E-state index in [9.17, 15) is 12.8 Å². The molecule has 0 atom stereocenters. The van der Waals surface area contributed by atoms with Crippen molar-refractivity contribution in [1.29, 1.82) is 0 Å². The highest BCUT2D eigenvalue weighted by Gasteiger charge is 2.31. The zero-order valence-electron chi connectivity index (χ0n) is 7.58. The smallest absolute Gasteiger partial charge is 0.205 e. The standard InChI is InChI=1S/C8H7Br2FO3S/c1-6-2-4-7(5-3-6)15(12,13)14-8(9,10)11/h2-5H,1H3. The monoisotopic (exact) mass is 360 g/mol. The highest BCUT2D eigenvalue weighted by Crippen LogP contribution is 2.33. The lowest BCUT2D eigenvalue weighted by molar-refractivity contribution is 0.142. The number of aryl methyl sites for hydroxylation is 1. The van der Waals surface area contributed by atoms with Crippen LogP contribution in [0.2, 0.25) is 0 Å². The molecule has 1 aromatic carbocycles. The summed E-state index contributed by atoms with van der Waals surface area (Å²) in [5.74, 6) is 0. The average Bonchev–Trinajstić information content (AvgIpc) is 2.00. The number of hydrogen-bond donors (Lipinski definition) is 0. The zero-order valence-corrected chi connectivity index (χ0v) is 11.6. The minimum atomic E-state index is -4.10. The van der Waals surface area contributed by atoms with Crippen molar-refractivity contribution in [3.05, 3.63) is 29.8 Å². The molecule has 0 spiro atoms. The van der Waals surface area contributed by atoms with Crippen molar-refractivity contribution < 1.29 is 17.0 Å². The van der Waals surface area contributed by atoms with Gasteiger partial charge in [-0.25, -0.2) is 4.18 Å². The quantitative estimate of drug-likeness (QED) is 0.613. The van der Waals surface area contributed by atoms with Crippen molar-refractivity contribution in [3.63, 3.8) is 0 Å². The van der Waals surface area contributed by atoms with Crippen molar-refractivity contribution in [3.8, 4) is 0 Å². The maximum absolute atomic E-state index is 12.9. The molecule has 3 nitrogen and oxygen atoms in total. The van der Waals surface area contributed by atoms with E-state index in [0.717, 1.165) is 5.56 Å². The molecule has 1 aromatic rings. The maximum Gasteiger partial charge on any atom is 0.336 e. The van der Waals surface area contributed by atoms with E-state index in [4.69, 9.17) is 0 Å². The van der Waals surface area contributed by atoms with E-state index in [-0.39, 0.29) is 4.90 Å². The van der Waals surface area contributed by atoms with E-state index < -0.39 is 13.8 Å². The lowest BCUT2D eigenvalue weighted by Gasteiger charge is -2.11. The molecule has 84 valence electrons. The van der Waals surface area contributed by atoms with Crippen LogP contribution in [-0.2, 0) is 14.3 Å². The molecule has 7 heteroatoms. The summed E-state index contributed by atoms with van der Waals surface area (Å²) in [6.45, 7) is 1.81. The van der Waals surface area contributed by atoms with E-state index in [1.807, 2.05) is 6.92 Å². The van der Waals surface area contributed by atoms with Gasteiger partial charge in [-0.15, -0.1) is 0 Å². The fraction of sp³-hybridized carbons (Fsp3) is 0.250. The van der Waals surface area contributed by atoms with E-state index in [1.165, 1.54) is 12.1 Å². The highest BCUT2D eigenvalue weighted by molar-refractivity contribution is 9.25. The molecule has 0 radical (unpaired) electrons. The topological polar surface area (TPSA) is 43.4 Å². The molecule has 0 fully saturated rings. The molecule has 0 aliphatic heterocycles. The average molecular weight is 362 g/mol. The van der Waals surface area contributed by atoms with Crippen LogP contribution in [0.1, 0.15) is 5.56 Å². The predicted octanol–water partition coefficient (Wildman–Crippen LogP) is 3.07. The Hall–Kier alpha value is 0.0200. The number of alkyl halides is 3. The second-order valence-electron chi connectivity index (χ2n) is 2.80. The molecule has 0 aliphatic rings. The molecule has 1 rings (SSSR count). The van der Waals surface area contributed by atoms with E-state index in [2.05, 4.69) is 36.0 Å². The van der Waals surface area contributed by atoms with Gasteiger partial charge in [0.1, 0.15) is 0 Å². The summed E-state index contributed by atoms with van der Waals surface area (Å²) in [7, 11) is -4.10. The summed E-state index contributed by atoms with van der Waals surface area (Å²) in [6, 6.07) is 5.88. The van der Waals surface area contributed by atoms with Crippen molar-refractivity contribution in [1.82, 2.24) is 0 Å². The van der Waals surface area contributed by atoms with Gasteiger partial charge in [0, 0.05) is 0 Å². The van der Waals surface area contributed by atoms with Crippen LogP contribution < -0.4 is 0 Å². The Labute approximate surface area is 104 Å². The molecular formula is C8H7Br2FO3S. The van der Waals surface area contributed by atoms with Gasteiger partial charge in [0.25, 0.3) is 0 Å². The summed E-state index contributed by atoms with van der Waals surface area (Å²) >= 11 is 4.75. The molecule has 0 heterocycles. The van der Waals surface area contributed by atoms with Crippen molar-refractivity contribution in [2.24, 2.45) is 0 Å². The Bertz CT molecular complexity index is 436. The summed E-state index contributed by atoms with van der Waals surface area (Å²) in [5.41, 5.74) is 0.901. The number of hydrogen-bond acceptors (Lipinski definition) is 3. The molecule has 0 saturated carbocycles. The minimum Gasteiger partial charge on any atom is -0.205 e. The van der Waals surface area contributed by atoms with Crippen molar-refractivity contribution >= 4 is 42.0 Å². The fourth-order valence-corrected chi connectivity index (χ4v) is 2.74. The Kier molecular flexibility index (Phi) is 3.91. The molecule has 15 heavy (non-hydrogen) atoms. The van der Waals surface area contributed by atoms with Gasteiger partial charge in [-0.05, 0) is 50.9 Å². The van der Waals surface area contributed by atoms with Gasteiger partial charge < -0.3 is 0 Å². The van der Waals surface area contributed by atoms with Crippen LogP contribution in [0, 0.1) is 6.92 Å². The summed E-state index contributed by atoms with van der Waals surface area (Å²) in [5, 5.41) is 0. The van der Waals surface area contributed by atoms with Crippen LogP contribution in [0.25, 0.3) is 0 Å². The van der Waals surface area contributed by atoms with Crippen LogP contribution in [0.4, 0.5) is 4.39 Å². The third kappa shape index (κ3) is 4.18. The van der Waals surface area contributed by atoms with Gasteiger partial charge in [-0.1, -0.05) is 17.7 Å². The van der Waals surface area contributed by atoms with Gasteiger partial charge in [0.05, 0.1) is 4.90 Å². The maximum atomic E-state index is 12.9. The van der Waals surface area contributed by atoms with Gasteiger partial charge in [0.15, 0.2) is 0 Å². The molecule has 0 N–H and O–H groups in total. The Morgan fingerprint density at radius 3 is 2.13 bits per heavy atom. The van der Waals surface area contributed by atoms with Gasteiger partial charge in [0.2, 0.25) is 0 Å². The van der Waals surface area contributed by atoms with Gasteiger partial charge >= 0.3 is 13.8 Å². The molecule has 0 saturated heterocycles. The number of benzene rings is 1. The largest absolute Gasteiger partial charge is 0.336 e. The first kappa shape index (κ1) is 13.1. The van der Waals surface area contributed by atoms with Gasteiger partial charge in [-0.3, -0.25) is 0 Å². The van der Waals surface area contributed by atoms with Crippen molar-refractivity contribution in [2.45, 2.75) is 15.5 Å². The fourth-order valence-electron chi connectivity index (χ4n) is 0.877. The Balaban J connectivity index is 3.02. The molecule has 0 aliphatic carbocycles. The molecule has 0 bridgehead atoms. The van der Waals surface area contributed by atoms with Crippen LogP contribution >= 0.6 is 31.9 Å². The number of halogens is 3. The van der Waals surface area contributed by atoms with Gasteiger partial charge in [-0.2, -0.15) is 12.8 Å².